The molecule has 2 aliphatic heterocycles. The minimum absolute atomic E-state index is 0.277. The summed E-state index contributed by atoms with van der Waals surface area (Å²) in [5.41, 5.74) is 2.45. The van der Waals surface area contributed by atoms with Gasteiger partial charge < -0.3 is 24.1 Å². The Balaban J connectivity index is 1.20. The minimum atomic E-state index is -0.443. The summed E-state index contributed by atoms with van der Waals surface area (Å²) in [7, 11) is 0. The van der Waals surface area contributed by atoms with E-state index >= 15 is 0 Å². The third-order valence-corrected chi connectivity index (χ3v) is 4.76. The smallest absolute Gasteiger partial charge is 0.119 e. The highest BCUT2D eigenvalue weighted by molar-refractivity contribution is 5.34. The largest absolute Gasteiger partial charge is 0.491 e. The van der Waals surface area contributed by atoms with Crippen LogP contribution in [0.4, 0.5) is 0 Å². The molecule has 144 valence electrons. The Bertz CT molecular complexity index is 704. The minimum Gasteiger partial charge on any atom is -0.491 e. The standard InChI is InChI=1S/C22H26O5/c23-18(5-10-21-13-26-21)12-24-19-6-1-16(2-7-19)11-17-3-8-20(9-4-17)25-14-22-15-27-22/h1-4,6-9,18,21-23H,5,10-15H2. The van der Waals surface area contributed by atoms with E-state index in [1.54, 1.807) is 0 Å². The predicted molar refractivity (Wildman–Crippen MR) is 101 cm³/mol. The van der Waals surface area contributed by atoms with Gasteiger partial charge in [-0.3, -0.25) is 0 Å². The van der Waals surface area contributed by atoms with Gasteiger partial charge in [0.2, 0.25) is 0 Å². The SMILES string of the molecule is OC(CCC1CO1)COc1ccc(Cc2ccc(OCC3CO3)cc2)cc1. The van der Waals surface area contributed by atoms with Crippen LogP contribution in [0.5, 0.6) is 11.5 Å². The quantitative estimate of drug-likeness (QED) is 0.616. The molecule has 2 heterocycles. The van der Waals surface area contributed by atoms with Crippen LogP contribution >= 0.6 is 0 Å². The predicted octanol–water partition coefficient (Wildman–Crippen LogP) is 2.97. The van der Waals surface area contributed by atoms with E-state index in [-0.39, 0.29) is 6.10 Å². The van der Waals surface area contributed by atoms with Gasteiger partial charge in [-0.2, -0.15) is 0 Å². The van der Waals surface area contributed by atoms with Crippen LogP contribution in [0, 0.1) is 0 Å². The van der Waals surface area contributed by atoms with Gasteiger partial charge in [0, 0.05) is 0 Å². The summed E-state index contributed by atoms with van der Waals surface area (Å²) in [5.74, 6) is 1.66. The van der Waals surface area contributed by atoms with Gasteiger partial charge in [0.05, 0.1) is 25.4 Å². The van der Waals surface area contributed by atoms with Gasteiger partial charge in [-0.25, -0.2) is 0 Å². The highest BCUT2D eigenvalue weighted by atomic mass is 16.6. The van der Waals surface area contributed by atoms with Gasteiger partial charge in [-0.05, 0) is 54.7 Å². The van der Waals surface area contributed by atoms with Crippen molar-refractivity contribution in [2.24, 2.45) is 0 Å². The fourth-order valence-corrected chi connectivity index (χ4v) is 2.88. The Morgan fingerprint density at radius 2 is 1.41 bits per heavy atom. The Kier molecular flexibility index (Phi) is 5.92. The van der Waals surface area contributed by atoms with Gasteiger partial charge in [-0.1, -0.05) is 24.3 Å². The van der Waals surface area contributed by atoms with E-state index in [1.165, 1.54) is 11.1 Å². The molecule has 0 amide bonds. The van der Waals surface area contributed by atoms with Crippen molar-refractivity contribution < 1.29 is 24.1 Å². The van der Waals surface area contributed by atoms with E-state index in [0.29, 0.717) is 19.3 Å². The molecule has 0 spiro atoms. The summed E-state index contributed by atoms with van der Waals surface area (Å²) in [6, 6.07) is 16.2. The van der Waals surface area contributed by atoms with Crippen molar-refractivity contribution in [2.45, 2.75) is 37.6 Å². The molecule has 0 radical (unpaired) electrons. The normalized spacial score (nSPS) is 21.5. The van der Waals surface area contributed by atoms with Gasteiger partial charge >= 0.3 is 0 Å². The number of aliphatic hydroxyl groups is 1. The Morgan fingerprint density at radius 3 is 1.96 bits per heavy atom. The van der Waals surface area contributed by atoms with Crippen molar-refractivity contribution in [3.05, 3.63) is 59.7 Å². The molecule has 27 heavy (non-hydrogen) atoms. The number of hydrogen-bond acceptors (Lipinski definition) is 5. The lowest BCUT2D eigenvalue weighted by Gasteiger charge is -2.12. The molecule has 3 unspecified atom stereocenters. The molecule has 2 fully saturated rings. The maximum Gasteiger partial charge on any atom is 0.119 e. The number of rotatable bonds is 11. The molecule has 0 aliphatic carbocycles. The first kappa shape index (κ1) is 18.3. The van der Waals surface area contributed by atoms with Crippen LogP contribution in [0.1, 0.15) is 24.0 Å². The molecule has 0 bridgehead atoms. The van der Waals surface area contributed by atoms with Crippen molar-refractivity contribution in [1.82, 2.24) is 0 Å². The summed E-state index contributed by atoms with van der Waals surface area (Å²) < 4.78 is 21.6. The Hall–Kier alpha value is -2.08. The van der Waals surface area contributed by atoms with Crippen LogP contribution in [0.15, 0.2) is 48.5 Å². The first-order valence-electron chi connectivity index (χ1n) is 9.59. The lowest BCUT2D eigenvalue weighted by Crippen LogP contribution is -2.18. The average molecular weight is 370 g/mol. The second-order valence-electron chi connectivity index (χ2n) is 7.23. The highest BCUT2D eigenvalue weighted by Crippen LogP contribution is 2.20. The maximum absolute atomic E-state index is 9.93. The van der Waals surface area contributed by atoms with Crippen molar-refractivity contribution in [2.75, 3.05) is 26.4 Å². The number of ether oxygens (including phenoxy) is 4. The van der Waals surface area contributed by atoms with Gasteiger partial charge in [0.15, 0.2) is 0 Å². The summed E-state index contributed by atoms with van der Waals surface area (Å²) in [4.78, 5) is 0. The van der Waals surface area contributed by atoms with Crippen LogP contribution in [-0.4, -0.2) is 49.8 Å². The van der Waals surface area contributed by atoms with Crippen LogP contribution in [0.2, 0.25) is 0 Å². The third-order valence-electron chi connectivity index (χ3n) is 4.76. The fraction of sp³-hybridized carbons (Fsp3) is 0.455. The summed E-state index contributed by atoms with van der Waals surface area (Å²) in [5, 5.41) is 9.93. The number of benzene rings is 2. The van der Waals surface area contributed by atoms with E-state index in [9.17, 15) is 5.11 Å². The summed E-state index contributed by atoms with van der Waals surface area (Å²) in [6.45, 7) is 2.59. The molecule has 5 heteroatoms. The first-order valence-corrected chi connectivity index (χ1v) is 9.59. The molecule has 5 nitrogen and oxygen atoms in total. The highest BCUT2D eigenvalue weighted by Gasteiger charge is 2.23. The second kappa shape index (κ2) is 8.74. The lowest BCUT2D eigenvalue weighted by atomic mass is 10.0. The Morgan fingerprint density at radius 1 is 0.852 bits per heavy atom. The average Bonchev–Trinajstić information content (AvgIpc) is 3.60. The van der Waals surface area contributed by atoms with Crippen molar-refractivity contribution in [1.29, 1.82) is 0 Å². The fourth-order valence-electron chi connectivity index (χ4n) is 2.88. The second-order valence-corrected chi connectivity index (χ2v) is 7.23. The molecule has 2 aromatic carbocycles. The van der Waals surface area contributed by atoms with E-state index < -0.39 is 6.10 Å². The molecule has 1 N–H and O–H groups in total. The topological polar surface area (TPSA) is 63.8 Å². The monoisotopic (exact) mass is 370 g/mol. The number of aliphatic hydroxyl groups excluding tert-OH is 1. The lowest BCUT2D eigenvalue weighted by molar-refractivity contribution is 0.0959. The van der Waals surface area contributed by atoms with Crippen molar-refractivity contribution in [3.63, 3.8) is 0 Å². The number of epoxide rings is 2. The van der Waals surface area contributed by atoms with Crippen LogP contribution in [-0.2, 0) is 15.9 Å². The molecule has 3 atom stereocenters. The zero-order chi connectivity index (χ0) is 18.5. The zero-order valence-electron chi connectivity index (χ0n) is 15.4. The van der Waals surface area contributed by atoms with E-state index in [4.69, 9.17) is 18.9 Å². The van der Waals surface area contributed by atoms with Crippen LogP contribution in [0.3, 0.4) is 0 Å². The third kappa shape index (κ3) is 6.24. The molecule has 4 rings (SSSR count). The zero-order valence-corrected chi connectivity index (χ0v) is 15.4. The van der Waals surface area contributed by atoms with E-state index in [1.807, 2.05) is 24.3 Å². The Labute approximate surface area is 159 Å². The first-order chi connectivity index (χ1) is 13.2. The van der Waals surface area contributed by atoms with Crippen molar-refractivity contribution >= 4 is 0 Å². The molecule has 2 aliphatic rings. The molecule has 0 aromatic heterocycles. The molecular formula is C22H26O5. The van der Waals surface area contributed by atoms with Gasteiger partial charge in [0.1, 0.15) is 30.8 Å². The number of hydrogen-bond donors (Lipinski definition) is 1. The van der Waals surface area contributed by atoms with Crippen LogP contribution in [0.25, 0.3) is 0 Å². The van der Waals surface area contributed by atoms with Crippen LogP contribution < -0.4 is 9.47 Å². The van der Waals surface area contributed by atoms with Gasteiger partial charge in [-0.15, -0.1) is 0 Å². The molecule has 2 saturated heterocycles. The maximum atomic E-state index is 9.93. The van der Waals surface area contributed by atoms with Crippen molar-refractivity contribution in [3.8, 4) is 11.5 Å². The molecular weight excluding hydrogens is 344 g/mol. The summed E-state index contributed by atoms with van der Waals surface area (Å²) in [6.07, 6.45) is 2.67. The summed E-state index contributed by atoms with van der Waals surface area (Å²) >= 11 is 0. The van der Waals surface area contributed by atoms with Gasteiger partial charge in [0.25, 0.3) is 0 Å². The van der Waals surface area contributed by atoms with E-state index in [2.05, 4.69) is 24.3 Å². The van der Waals surface area contributed by atoms with E-state index in [0.717, 1.165) is 44.0 Å². The molecule has 2 aromatic rings. The molecule has 0 saturated carbocycles.